The van der Waals surface area contributed by atoms with E-state index in [4.69, 9.17) is 20.6 Å². The van der Waals surface area contributed by atoms with Gasteiger partial charge in [-0.2, -0.15) is 0 Å². The quantitative estimate of drug-likeness (QED) is 0.831. The summed E-state index contributed by atoms with van der Waals surface area (Å²) in [7, 11) is -0.617. The summed E-state index contributed by atoms with van der Waals surface area (Å²) >= 11 is 5.72. The fourth-order valence-electron chi connectivity index (χ4n) is 1.23. The van der Waals surface area contributed by atoms with Crippen LogP contribution in [-0.4, -0.2) is 25.5 Å². The summed E-state index contributed by atoms with van der Waals surface area (Å²) in [6.45, 7) is 0. The van der Waals surface area contributed by atoms with Crippen LogP contribution in [0.3, 0.4) is 0 Å². The highest BCUT2D eigenvalue weighted by Crippen LogP contribution is 2.49. The Bertz CT molecular complexity index is 371. The van der Waals surface area contributed by atoms with Crippen molar-refractivity contribution in [2.45, 2.75) is 6.10 Å². The molecule has 16 heavy (non-hydrogen) atoms. The van der Waals surface area contributed by atoms with Gasteiger partial charge < -0.3 is 14.2 Å². The number of hydrogen-bond donors (Lipinski definition) is 1. The fourth-order valence-corrected chi connectivity index (χ4v) is 2.43. The number of hydrogen-bond acceptors (Lipinski definition) is 4. The third-order valence-electron chi connectivity index (χ3n) is 2.21. The lowest BCUT2D eigenvalue weighted by Gasteiger charge is -2.17. The Hall–Kier alpha value is -0.380. The molecule has 1 N–H and O–H groups in total. The first kappa shape index (κ1) is 13.7. The SMILES string of the molecule is COP(=O)(CC(O)c1ccc(Cl)cc1)OC. The zero-order valence-electron chi connectivity index (χ0n) is 9.09. The molecule has 1 atom stereocenters. The van der Waals surface area contributed by atoms with Crippen LogP contribution in [-0.2, 0) is 13.6 Å². The fraction of sp³-hybridized carbons (Fsp3) is 0.400. The molecule has 0 radical (unpaired) electrons. The van der Waals surface area contributed by atoms with Crippen molar-refractivity contribution in [1.29, 1.82) is 0 Å². The average Bonchev–Trinajstić information content (AvgIpc) is 2.29. The minimum Gasteiger partial charge on any atom is -0.388 e. The summed E-state index contributed by atoms with van der Waals surface area (Å²) < 4.78 is 21.3. The molecule has 0 saturated carbocycles. The van der Waals surface area contributed by atoms with E-state index in [0.717, 1.165) is 0 Å². The van der Waals surface area contributed by atoms with Gasteiger partial charge in [-0.3, -0.25) is 4.57 Å². The summed E-state index contributed by atoms with van der Waals surface area (Å²) in [5, 5.41) is 10.4. The van der Waals surface area contributed by atoms with Gasteiger partial charge in [0.2, 0.25) is 0 Å². The van der Waals surface area contributed by atoms with Gasteiger partial charge >= 0.3 is 7.60 Å². The first-order valence-corrected chi connectivity index (χ1v) is 6.75. The molecule has 1 aromatic carbocycles. The minimum atomic E-state index is -3.20. The number of halogens is 1. The van der Waals surface area contributed by atoms with Crippen LogP contribution in [0.15, 0.2) is 24.3 Å². The van der Waals surface area contributed by atoms with Crippen LogP contribution in [0.2, 0.25) is 5.02 Å². The highest BCUT2D eigenvalue weighted by atomic mass is 35.5. The molecule has 0 aliphatic heterocycles. The second kappa shape index (κ2) is 5.80. The second-order valence-electron chi connectivity index (χ2n) is 3.23. The van der Waals surface area contributed by atoms with E-state index in [-0.39, 0.29) is 6.16 Å². The lowest BCUT2D eigenvalue weighted by atomic mass is 10.1. The van der Waals surface area contributed by atoms with Crippen molar-refractivity contribution < 1.29 is 18.7 Å². The molecule has 0 saturated heterocycles. The summed E-state index contributed by atoms with van der Waals surface area (Å²) in [4.78, 5) is 0. The lowest BCUT2D eigenvalue weighted by Crippen LogP contribution is -2.06. The van der Waals surface area contributed by atoms with Gasteiger partial charge in [-0.1, -0.05) is 23.7 Å². The first-order chi connectivity index (χ1) is 7.50. The predicted octanol–water partition coefficient (Wildman–Crippen LogP) is 2.86. The molecule has 0 heterocycles. The Balaban J connectivity index is 2.75. The molecule has 1 unspecified atom stereocenters. The zero-order valence-corrected chi connectivity index (χ0v) is 10.7. The summed E-state index contributed by atoms with van der Waals surface area (Å²) in [6, 6.07) is 6.65. The lowest BCUT2D eigenvalue weighted by molar-refractivity contribution is 0.184. The number of benzene rings is 1. The second-order valence-corrected chi connectivity index (χ2v) is 5.98. The van der Waals surface area contributed by atoms with E-state index in [1.165, 1.54) is 14.2 Å². The van der Waals surface area contributed by atoms with Crippen molar-refractivity contribution in [3.63, 3.8) is 0 Å². The average molecular weight is 265 g/mol. The predicted molar refractivity (Wildman–Crippen MR) is 62.9 cm³/mol. The number of aliphatic hydroxyl groups is 1. The maximum atomic E-state index is 11.8. The van der Waals surface area contributed by atoms with Crippen molar-refractivity contribution in [3.05, 3.63) is 34.9 Å². The van der Waals surface area contributed by atoms with Crippen molar-refractivity contribution in [2.24, 2.45) is 0 Å². The van der Waals surface area contributed by atoms with Gasteiger partial charge in [0.05, 0.1) is 12.3 Å². The van der Waals surface area contributed by atoms with Gasteiger partial charge in [0.25, 0.3) is 0 Å². The Labute approximate surface area is 99.7 Å². The van der Waals surface area contributed by atoms with Crippen LogP contribution >= 0.6 is 19.2 Å². The molecule has 0 fully saturated rings. The van der Waals surface area contributed by atoms with E-state index < -0.39 is 13.7 Å². The van der Waals surface area contributed by atoms with Gasteiger partial charge in [-0.25, -0.2) is 0 Å². The number of rotatable bonds is 5. The van der Waals surface area contributed by atoms with Crippen molar-refractivity contribution >= 4 is 19.2 Å². The molecule has 0 amide bonds. The van der Waals surface area contributed by atoms with Crippen LogP contribution in [0.5, 0.6) is 0 Å². The van der Waals surface area contributed by atoms with Gasteiger partial charge in [0.1, 0.15) is 0 Å². The van der Waals surface area contributed by atoms with Gasteiger partial charge in [-0.05, 0) is 17.7 Å². The molecule has 0 spiro atoms. The van der Waals surface area contributed by atoms with Crippen LogP contribution in [0.25, 0.3) is 0 Å². The van der Waals surface area contributed by atoms with Crippen LogP contribution in [0.1, 0.15) is 11.7 Å². The topological polar surface area (TPSA) is 55.8 Å². The van der Waals surface area contributed by atoms with Crippen LogP contribution < -0.4 is 0 Å². The van der Waals surface area contributed by atoms with Crippen molar-refractivity contribution in [3.8, 4) is 0 Å². The minimum absolute atomic E-state index is 0.0817. The Morgan fingerprint density at radius 1 is 1.31 bits per heavy atom. The Morgan fingerprint density at radius 2 is 1.81 bits per heavy atom. The molecule has 1 rings (SSSR count). The van der Waals surface area contributed by atoms with Crippen molar-refractivity contribution in [1.82, 2.24) is 0 Å². The van der Waals surface area contributed by atoms with E-state index >= 15 is 0 Å². The highest BCUT2D eigenvalue weighted by Gasteiger charge is 2.26. The van der Waals surface area contributed by atoms with Gasteiger partial charge in [0.15, 0.2) is 0 Å². The third-order valence-corrected chi connectivity index (χ3v) is 4.37. The molecule has 1 aromatic rings. The molecule has 4 nitrogen and oxygen atoms in total. The molecule has 6 heteroatoms. The monoisotopic (exact) mass is 264 g/mol. The maximum absolute atomic E-state index is 11.8. The molecule has 0 aliphatic carbocycles. The Kier molecular flexibility index (Phi) is 4.96. The molecule has 0 aromatic heterocycles. The highest BCUT2D eigenvalue weighted by molar-refractivity contribution is 7.53. The summed E-state index contributed by atoms with van der Waals surface area (Å²) in [6.07, 6.45) is -0.982. The van der Waals surface area contributed by atoms with E-state index in [2.05, 4.69) is 0 Å². The third kappa shape index (κ3) is 3.58. The molecule has 0 bridgehead atoms. The molecule has 90 valence electrons. The standard InChI is InChI=1S/C10H14ClO4P/c1-14-16(13,15-2)7-10(12)8-3-5-9(11)6-4-8/h3-6,10,12H,7H2,1-2H3. The summed E-state index contributed by atoms with van der Waals surface area (Å²) in [5.74, 6) is 0. The largest absolute Gasteiger partial charge is 0.388 e. The smallest absolute Gasteiger partial charge is 0.333 e. The summed E-state index contributed by atoms with van der Waals surface area (Å²) in [5.41, 5.74) is 0.624. The maximum Gasteiger partial charge on any atom is 0.333 e. The van der Waals surface area contributed by atoms with E-state index in [1.807, 2.05) is 0 Å². The normalized spacial score (nSPS) is 13.8. The van der Waals surface area contributed by atoms with Crippen molar-refractivity contribution in [2.75, 3.05) is 20.4 Å². The molecular formula is C10H14ClO4P. The van der Waals surface area contributed by atoms with Crippen LogP contribution in [0.4, 0.5) is 0 Å². The van der Waals surface area contributed by atoms with E-state index in [1.54, 1.807) is 24.3 Å². The van der Waals surface area contributed by atoms with E-state index in [9.17, 15) is 9.67 Å². The van der Waals surface area contributed by atoms with Gasteiger partial charge in [-0.15, -0.1) is 0 Å². The number of aliphatic hydroxyl groups excluding tert-OH is 1. The molecule has 0 aliphatic rings. The Morgan fingerprint density at radius 3 is 2.25 bits per heavy atom. The zero-order chi connectivity index (χ0) is 12.2. The first-order valence-electron chi connectivity index (χ1n) is 4.65. The van der Waals surface area contributed by atoms with E-state index in [0.29, 0.717) is 10.6 Å². The van der Waals surface area contributed by atoms with Crippen LogP contribution in [0, 0.1) is 0 Å². The molecular weight excluding hydrogens is 251 g/mol. The van der Waals surface area contributed by atoms with Gasteiger partial charge in [0, 0.05) is 19.2 Å².